The van der Waals surface area contributed by atoms with Crippen LogP contribution in [0.25, 0.3) is 11.0 Å². The molecule has 0 unspecified atom stereocenters. The van der Waals surface area contributed by atoms with Crippen molar-refractivity contribution in [2.24, 2.45) is 4.99 Å². The Morgan fingerprint density at radius 2 is 1.83 bits per heavy atom. The molecule has 0 atom stereocenters. The number of hydrogen-bond acceptors (Lipinski definition) is 5. The summed E-state index contributed by atoms with van der Waals surface area (Å²) in [5, 5.41) is 2.88. The van der Waals surface area contributed by atoms with Crippen molar-refractivity contribution in [3.63, 3.8) is 0 Å². The number of hydrogen-bond donors (Lipinski definition) is 3. The molecule has 0 saturated heterocycles. The number of aliphatic imine (C=N–C) groups is 1. The molecule has 1 aliphatic heterocycles. The van der Waals surface area contributed by atoms with E-state index < -0.39 is 10.0 Å². The van der Waals surface area contributed by atoms with Crippen LogP contribution in [0.3, 0.4) is 0 Å². The Morgan fingerprint density at radius 3 is 2.70 bits per heavy atom. The Bertz CT molecular complexity index is 1170. The topological polar surface area (TPSA) is 116 Å². The lowest BCUT2D eigenvalue weighted by Gasteiger charge is -2.03. The van der Waals surface area contributed by atoms with E-state index in [1.54, 1.807) is 24.3 Å². The van der Waals surface area contributed by atoms with Gasteiger partial charge < -0.3 is 10.3 Å². The second-order valence-corrected chi connectivity index (χ2v) is 8.77. The van der Waals surface area contributed by atoms with Gasteiger partial charge in [0.25, 0.3) is 10.0 Å². The number of para-hydroxylation sites is 2. The number of amidine groups is 1. The highest BCUT2D eigenvalue weighted by Gasteiger charge is 2.29. The first-order valence-electron chi connectivity index (χ1n) is 9.90. The van der Waals surface area contributed by atoms with Gasteiger partial charge in [0.15, 0.2) is 0 Å². The first-order chi connectivity index (χ1) is 14.5. The van der Waals surface area contributed by atoms with E-state index >= 15 is 0 Å². The minimum atomic E-state index is -3.49. The summed E-state index contributed by atoms with van der Waals surface area (Å²) in [5.41, 5.74) is 2.45. The van der Waals surface area contributed by atoms with Crippen molar-refractivity contribution in [2.75, 3.05) is 6.54 Å². The Kier molecular flexibility index (Phi) is 5.80. The summed E-state index contributed by atoms with van der Waals surface area (Å²) in [7, 11) is -3.49. The van der Waals surface area contributed by atoms with Gasteiger partial charge in [0.2, 0.25) is 5.91 Å². The predicted octanol–water partition coefficient (Wildman–Crippen LogP) is 2.48. The molecule has 1 aromatic heterocycles. The number of aromatic amines is 1. The molecule has 30 heavy (non-hydrogen) atoms. The zero-order valence-electron chi connectivity index (χ0n) is 16.4. The van der Waals surface area contributed by atoms with Gasteiger partial charge in [0.05, 0.1) is 22.5 Å². The number of carbonyl (C=O) groups is 1. The number of nitrogens with one attached hydrogen (secondary N) is 3. The second kappa shape index (κ2) is 8.66. The van der Waals surface area contributed by atoms with E-state index in [2.05, 4.69) is 25.0 Å². The van der Waals surface area contributed by atoms with Gasteiger partial charge in [-0.15, -0.1) is 0 Å². The number of rotatable bonds is 8. The SMILES string of the molecule is O=C(CCCCCN=C1NS(=O)(=O)c2ccccc21)NCc1nc2ccccc2[nH]1. The third-order valence-corrected chi connectivity index (χ3v) is 6.28. The maximum Gasteiger partial charge on any atom is 0.263 e. The highest BCUT2D eigenvalue weighted by Crippen LogP contribution is 2.22. The van der Waals surface area contributed by atoms with Crippen molar-refractivity contribution in [3.8, 4) is 0 Å². The third-order valence-electron chi connectivity index (χ3n) is 4.89. The molecule has 4 rings (SSSR count). The van der Waals surface area contributed by atoms with Crippen LogP contribution < -0.4 is 10.0 Å². The fraction of sp³-hybridized carbons (Fsp3) is 0.286. The number of nitrogens with zero attached hydrogens (tertiary/aromatic N) is 2. The lowest BCUT2D eigenvalue weighted by atomic mass is 10.2. The molecular formula is C21H23N5O3S. The summed E-state index contributed by atoms with van der Waals surface area (Å²) in [6.45, 7) is 0.882. The number of imidazole rings is 1. The minimum absolute atomic E-state index is 0.0146. The lowest BCUT2D eigenvalue weighted by molar-refractivity contribution is -0.121. The van der Waals surface area contributed by atoms with Crippen molar-refractivity contribution in [2.45, 2.75) is 37.1 Å². The van der Waals surface area contributed by atoms with E-state index in [4.69, 9.17) is 0 Å². The maximum absolute atomic E-state index is 12.0. The van der Waals surface area contributed by atoms with Crippen LogP contribution >= 0.6 is 0 Å². The third kappa shape index (κ3) is 4.51. The molecule has 3 aromatic rings. The van der Waals surface area contributed by atoms with Crippen molar-refractivity contribution in [3.05, 3.63) is 59.9 Å². The summed E-state index contributed by atoms with van der Waals surface area (Å²) < 4.78 is 26.6. The van der Waals surface area contributed by atoms with E-state index in [-0.39, 0.29) is 10.8 Å². The van der Waals surface area contributed by atoms with Crippen molar-refractivity contribution >= 4 is 32.8 Å². The predicted molar refractivity (Wildman–Crippen MR) is 115 cm³/mol. The quantitative estimate of drug-likeness (QED) is 0.481. The number of aromatic nitrogens is 2. The first kappa shape index (κ1) is 20.1. The Balaban J connectivity index is 1.17. The molecule has 0 radical (unpaired) electrons. The van der Waals surface area contributed by atoms with Crippen LogP contribution in [0.1, 0.15) is 37.1 Å². The number of sulfonamides is 1. The van der Waals surface area contributed by atoms with Crippen LogP contribution in [0.2, 0.25) is 0 Å². The highest BCUT2D eigenvalue weighted by atomic mass is 32.2. The molecule has 1 aliphatic rings. The number of unbranched alkanes of at least 4 members (excludes halogenated alkanes) is 2. The van der Waals surface area contributed by atoms with Gasteiger partial charge in [0.1, 0.15) is 11.7 Å². The molecule has 0 spiro atoms. The normalized spacial score (nSPS) is 15.8. The number of H-pyrrole nitrogens is 1. The fourth-order valence-electron chi connectivity index (χ4n) is 3.38. The summed E-state index contributed by atoms with van der Waals surface area (Å²) in [6.07, 6.45) is 2.80. The average molecular weight is 426 g/mol. The van der Waals surface area contributed by atoms with Crippen LogP contribution in [0.15, 0.2) is 58.4 Å². The van der Waals surface area contributed by atoms with Crippen molar-refractivity contribution in [1.82, 2.24) is 20.0 Å². The van der Waals surface area contributed by atoms with Gasteiger partial charge in [-0.25, -0.2) is 13.4 Å². The number of benzene rings is 2. The van der Waals surface area contributed by atoms with Crippen LogP contribution in [0.4, 0.5) is 0 Å². The monoisotopic (exact) mass is 425 g/mol. The van der Waals surface area contributed by atoms with Gasteiger partial charge in [-0.2, -0.15) is 0 Å². The highest BCUT2D eigenvalue weighted by molar-refractivity contribution is 7.90. The molecule has 1 amide bonds. The van der Waals surface area contributed by atoms with Gasteiger partial charge in [-0.05, 0) is 37.1 Å². The lowest BCUT2D eigenvalue weighted by Crippen LogP contribution is -2.23. The molecule has 0 fully saturated rings. The Morgan fingerprint density at radius 1 is 1.03 bits per heavy atom. The summed E-state index contributed by atoms with van der Waals surface area (Å²) >= 11 is 0. The minimum Gasteiger partial charge on any atom is -0.349 e. The van der Waals surface area contributed by atoms with Gasteiger partial charge in [-0.3, -0.25) is 14.5 Å². The molecule has 9 heteroatoms. The fourth-order valence-corrected chi connectivity index (χ4v) is 4.63. The van der Waals surface area contributed by atoms with E-state index in [1.165, 1.54) is 0 Å². The summed E-state index contributed by atoms with van der Waals surface area (Å²) in [5.74, 6) is 1.12. The molecular weight excluding hydrogens is 402 g/mol. The van der Waals surface area contributed by atoms with Crippen LogP contribution in [0, 0.1) is 0 Å². The van der Waals surface area contributed by atoms with Gasteiger partial charge in [-0.1, -0.05) is 30.7 Å². The van der Waals surface area contributed by atoms with Crippen LogP contribution in [-0.4, -0.2) is 36.7 Å². The van der Waals surface area contributed by atoms with Gasteiger partial charge in [0, 0.05) is 18.5 Å². The standard InChI is InChI=1S/C21H23N5O3S/c27-20(23-14-19-24-16-9-4-5-10-17(16)25-19)12-2-1-7-13-22-21-15-8-3-6-11-18(15)30(28,29)26-21/h3-6,8-11H,1-2,7,12-14H2,(H,22,26)(H,23,27)(H,24,25). The molecule has 3 N–H and O–H groups in total. The zero-order chi connectivity index (χ0) is 21.0. The molecule has 2 aromatic carbocycles. The number of fused-ring (bicyclic) bond motifs is 2. The summed E-state index contributed by atoms with van der Waals surface area (Å²) in [4.78, 5) is 24.3. The largest absolute Gasteiger partial charge is 0.349 e. The molecule has 0 aliphatic carbocycles. The van der Waals surface area contributed by atoms with E-state index in [1.807, 2.05) is 24.3 Å². The van der Waals surface area contributed by atoms with E-state index in [9.17, 15) is 13.2 Å². The van der Waals surface area contributed by atoms with Crippen molar-refractivity contribution < 1.29 is 13.2 Å². The molecule has 2 heterocycles. The number of carbonyl (C=O) groups excluding carboxylic acids is 1. The molecule has 0 saturated carbocycles. The van der Waals surface area contributed by atoms with Gasteiger partial charge >= 0.3 is 0 Å². The Labute approximate surface area is 174 Å². The molecule has 156 valence electrons. The van der Waals surface area contributed by atoms with Crippen molar-refractivity contribution in [1.29, 1.82) is 0 Å². The van der Waals surface area contributed by atoms with E-state index in [0.29, 0.717) is 30.9 Å². The average Bonchev–Trinajstić information content (AvgIpc) is 3.27. The second-order valence-electron chi connectivity index (χ2n) is 7.12. The molecule has 8 nitrogen and oxygen atoms in total. The first-order valence-corrected chi connectivity index (χ1v) is 11.4. The van der Waals surface area contributed by atoms with Crippen LogP contribution in [-0.2, 0) is 21.4 Å². The maximum atomic E-state index is 12.0. The molecule has 0 bridgehead atoms. The zero-order valence-corrected chi connectivity index (χ0v) is 17.2. The number of amides is 1. The summed E-state index contributed by atoms with van der Waals surface area (Å²) in [6, 6.07) is 14.6. The Hall–Kier alpha value is -3.20. The van der Waals surface area contributed by atoms with Crippen LogP contribution in [0.5, 0.6) is 0 Å². The van der Waals surface area contributed by atoms with E-state index in [0.717, 1.165) is 36.1 Å². The smallest absolute Gasteiger partial charge is 0.263 e.